The van der Waals surface area contributed by atoms with Crippen molar-refractivity contribution >= 4 is 39.5 Å². The van der Waals surface area contributed by atoms with Gasteiger partial charge in [-0.1, -0.05) is 30.4 Å². The van der Waals surface area contributed by atoms with Crippen molar-refractivity contribution < 1.29 is 14.3 Å². The summed E-state index contributed by atoms with van der Waals surface area (Å²) >= 11 is 3.25. The van der Waals surface area contributed by atoms with E-state index in [4.69, 9.17) is 9.47 Å². The van der Waals surface area contributed by atoms with Crippen LogP contribution in [0.4, 0.5) is 5.69 Å². The zero-order valence-corrected chi connectivity index (χ0v) is 14.6. The zero-order chi connectivity index (χ0) is 15.9. The highest BCUT2D eigenvalue weighted by molar-refractivity contribution is 8.39. The first-order valence-corrected chi connectivity index (χ1v) is 8.90. The molecule has 0 fully saturated rings. The quantitative estimate of drug-likeness (QED) is 0.861. The Kier molecular flexibility index (Phi) is 6.45. The van der Waals surface area contributed by atoms with Crippen molar-refractivity contribution in [3.63, 3.8) is 0 Å². The van der Waals surface area contributed by atoms with Gasteiger partial charge in [-0.15, -0.1) is 0 Å². The highest BCUT2D eigenvalue weighted by Crippen LogP contribution is 2.30. The van der Waals surface area contributed by atoms with Crippen LogP contribution in [-0.4, -0.2) is 42.1 Å². The number of ether oxygens (including phenoxy) is 2. The van der Waals surface area contributed by atoms with Gasteiger partial charge >= 0.3 is 0 Å². The van der Waals surface area contributed by atoms with Crippen LogP contribution >= 0.6 is 23.5 Å². The number of nitrogens with one attached hydrogen (secondary N) is 1. The minimum absolute atomic E-state index is 0.0296. The highest BCUT2D eigenvalue weighted by Gasteiger charge is 2.22. The van der Waals surface area contributed by atoms with Crippen LogP contribution in [0.25, 0.3) is 0 Å². The smallest absolute Gasteiger partial charge is 0.237 e. The van der Waals surface area contributed by atoms with Gasteiger partial charge in [-0.2, -0.15) is 0 Å². The van der Waals surface area contributed by atoms with Crippen molar-refractivity contribution in [2.45, 2.75) is 18.6 Å². The first-order chi connectivity index (χ1) is 10.7. The SMILES string of the molecule is CCC(SC1=NCCS1)C(=O)Nc1cc(OC)cc(OC)c1. The van der Waals surface area contributed by atoms with Gasteiger partial charge < -0.3 is 14.8 Å². The van der Waals surface area contributed by atoms with Gasteiger partial charge in [0.1, 0.15) is 15.9 Å². The normalized spacial score (nSPS) is 15.1. The summed E-state index contributed by atoms with van der Waals surface area (Å²) in [6.07, 6.45) is 0.747. The lowest BCUT2D eigenvalue weighted by Crippen LogP contribution is -2.25. The van der Waals surface area contributed by atoms with Crippen LogP contribution in [0.15, 0.2) is 23.2 Å². The molecule has 0 bridgehead atoms. The number of carbonyl (C=O) groups is 1. The second-order valence-corrected chi connectivity index (χ2v) is 7.13. The Labute approximate surface area is 139 Å². The van der Waals surface area contributed by atoms with Gasteiger partial charge in [-0.05, 0) is 6.42 Å². The molecule has 1 heterocycles. The molecule has 1 aliphatic rings. The van der Waals surface area contributed by atoms with Gasteiger partial charge in [0.15, 0.2) is 0 Å². The summed E-state index contributed by atoms with van der Waals surface area (Å²) < 4.78 is 11.4. The summed E-state index contributed by atoms with van der Waals surface area (Å²) in [6, 6.07) is 5.32. The van der Waals surface area contributed by atoms with E-state index in [9.17, 15) is 4.79 Å². The van der Waals surface area contributed by atoms with Gasteiger partial charge in [0.2, 0.25) is 5.91 Å². The van der Waals surface area contributed by atoms with E-state index >= 15 is 0 Å². The Hall–Kier alpha value is -1.34. The lowest BCUT2D eigenvalue weighted by Gasteiger charge is -2.15. The molecular formula is C15H20N2O3S2. The van der Waals surface area contributed by atoms with Crippen LogP contribution in [0.3, 0.4) is 0 Å². The van der Waals surface area contributed by atoms with E-state index in [2.05, 4.69) is 10.3 Å². The number of amides is 1. The summed E-state index contributed by atoms with van der Waals surface area (Å²) in [5.74, 6) is 2.27. The number of rotatable bonds is 6. The molecule has 1 amide bonds. The topological polar surface area (TPSA) is 59.9 Å². The summed E-state index contributed by atoms with van der Waals surface area (Å²) in [6.45, 7) is 2.85. The molecule has 0 saturated carbocycles. The lowest BCUT2D eigenvalue weighted by atomic mass is 10.2. The fourth-order valence-corrected chi connectivity index (χ4v) is 4.09. The highest BCUT2D eigenvalue weighted by atomic mass is 32.2. The number of carbonyl (C=O) groups excluding carboxylic acids is 1. The molecule has 1 aromatic rings. The van der Waals surface area contributed by atoms with Gasteiger partial charge in [0, 0.05) is 29.6 Å². The third-order valence-corrected chi connectivity index (χ3v) is 5.65. The second kappa shape index (κ2) is 8.33. The molecule has 0 spiro atoms. The minimum Gasteiger partial charge on any atom is -0.497 e. The Morgan fingerprint density at radius 2 is 2.05 bits per heavy atom. The van der Waals surface area contributed by atoms with E-state index in [1.165, 1.54) is 11.8 Å². The molecule has 1 aromatic carbocycles. The number of hydrogen-bond donors (Lipinski definition) is 1. The third-order valence-electron chi connectivity index (χ3n) is 3.08. The molecule has 0 radical (unpaired) electrons. The molecule has 1 unspecified atom stereocenters. The molecule has 2 rings (SSSR count). The predicted octanol–water partition coefficient (Wildman–Crippen LogP) is 3.26. The molecule has 120 valence electrons. The van der Waals surface area contributed by atoms with Crippen LogP contribution in [0.5, 0.6) is 11.5 Å². The van der Waals surface area contributed by atoms with Crippen LogP contribution < -0.4 is 14.8 Å². The number of thioether (sulfide) groups is 2. The number of hydrogen-bond acceptors (Lipinski definition) is 6. The standard InChI is InChI=1S/C15H20N2O3S2/c1-4-13(22-15-16-5-6-21-15)14(18)17-10-7-11(19-2)9-12(8-10)20-3/h7-9,13H,4-6H2,1-3H3,(H,17,18). The molecule has 7 heteroatoms. The fourth-order valence-electron chi connectivity index (χ4n) is 1.93. The molecule has 1 aliphatic heterocycles. The van der Waals surface area contributed by atoms with Crippen LogP contribution in [0.1, 0.15) is 13.3 Å². The maximum absolute atomic E-state index is 12.5. The first-order valence-electron chi connectivity index (χ1n) is 7.04. The van der Waals surface area contributed by atoms with Crippen LogP contribution in [0.2, 0.25) is 0 Å². The molecule has 5 nitrogen and oxygen atoms in total. The predicted molar refractivity (Wildman–Crippen MR) is 94.6 cm³/mol. The van der Waals surface area contributed by atoms with Crippen molar-refractivity contribution in [3.05, 3.63) is 18.2 Å². The van der Waals surface area contributed by atoms with E-state index in [1.807, 2.05) is 6.92 Å². The third kappa shape index (κ3) is 4.58. The lowest BCUT2D eigenvalue weighted by molar-refractivity contribution is -0.115. The average Bonchev–Trinajstić information content (AvgIpc) is 3.05. The van der Waals surface area contributed by atoms with Gasteiger partial charge in [-0.25, -0.2) is 0 Å². The van der Waals surface area contributed by atoms with E-state index in [0.29, 0.717) is 17.2 Å². The zero-order valence-electron chi connectivity index (χ0n) is 12.9. The molecule has 0 aromatic heterocycles. The van der Waals surface area contributed by atoms with Gasteiger partial charge in [-0.3, -0.25) is 9.79 Å². The van der Waals surface area contributed by atoms with E-state index in [1.54, 1.807) is 44.2 Å². The van der Waals surface area contributed by atoms with E-state index in [-0.39, 0.29) is 11.2 Å². The summed E-state index contributed by atoms with van der Waals surface area (Å²) in [4.78, 5) is 16.8. The second-order valence-electron chi connectivity index (χ2n) is 4.60. The molecule has 0 saturated heterocycles. The van der Waals surface area contributed by atoms with Crippen molar-refractivity contribution in [1.82, 2.24) is 0 Å². The summed E-state index contributed by atoms with van der Waals surface area (Å²) in [5, 5.41) is 2.78. The van der Waals surface area contributed by atoms with E-state index in [0.717, 1.165) is 23.1 Å². The van der Waals surface area contributed by atoms with Crippen LogP contribution in [-0.2, 0) is 4.79 Å². The van der Waals surface area contributed by atoms with Gasteiger partial charge in [0.05, 0.1) is 26.0 Å². The fraction of sp³-hybridized carbons (Fsp3) is 0.467. The Balaban J connectivity index is 2.05. The van der Waals surface area contributed by atoms with Crippen molar-refractivity contribution in [2.75, 3.05) is 31.8 Å². The Morgan fingerprint density at radius 3 is 2.55 bits per heavy atom. The average molecular weight is 340 g/mol. The largest absolute Gasteiger partial charge is 0.497 e. The number of nitrogens with zero attached hydrogens (tertiary/aromatic N) is 1. The van der Waals surface area contributed by atoms with Crippen LogP contribution in [0, 0.1) is 0 Å². The monoisotopic (exact) mass is 340 g/mol. The molecule has 1 atom stereocenters. The number of anilines is 1. The number of aliphatic imine (C=N–C) groups is 1. The Morgan fingerprint density at radius 1 is 1.36 bits per heavy atom. The van der Waals surface area contributed by atoms with Crippen molar-refractivity contribution in [1.29, 1.82) is 0 Å². The maximum atomic E-state index is 12.5. The Bertz CT molecular complexity index is 541. The maximum Gasteiger partial charge on any atom is 0.237 e. The van der Waals surface area contributed by atoms with Gasteiger partial charge in [0.25, 0.3) is 0 Å². The molecular weight excluding hydrogens is 320 g/mol. The van der Waals surface area contributed by atoms with Crippen molar-refractivity contribution in [3.8, 4) is 11.5 Å². The molecule has 0 aliphatic carbocycles. The van der Waals surface area contributed by atoms with E-state index < -0.39 is 0 Å². The molecule has 22 heavy (non-hydrogen) atoms. The number of benzene rings is 1. The number of methoxy groups -OCH3 is 2. The summed E-state index contributed by atoms with van der Waals surface area (Å²) in [5.41, 5.74) is 0.668. The minimum atomic E-state index is -0.151. The first kappa shape index (κ1) is 17.0. The molecule has 1 N–H and O–H groups in total. The van der Waals surface area contributed by atoms with Crippen molar-refractivity contribution in [2.24, 2.45) is 4.99 Å². The summed E-state index contributed by atoms with van der Waals surface area (Å²) in [7, 11) is 3.17.